The van der Waals surface area contributed by atoms with Crippen LogP contribution in [0.25, 0.3) is 10.8 Å². The molecule has 1 saturated carbocycles. The number of rotatable bonds is 4. The highest BCUT2D eigenvalue weighted by Gasteiger charge is 2.28. The summed E-state index contributed by atoms with van der Waals surface area (Å²) >= 11 is 0. The Bertz CT molecular complexity index is 1070. The smallest absolute Gasteiger partial charge is 0.166 e. The Morgan fingerprint density at radius 2 is 1.47 bits per heavy atom. The summed E-state index contributed by atoms with van der Waals surface area (Å²) < 4.78 is 56.7. The summed E-state index contributed by atoms with van der Waals surface area (Å²) in [6.45, 7) is 1.88. The van der Waals surface area contributed by atoms with Crippen molar-refractivity contribution in [2.24, 2.45) is 0 Å². The number of hydrogen-bond donors (Lipinski definition) is 0. The number of hydrogen-bond acceptors (Lipinski definition) is 0. The molecule has 30 heavy (non-hydrogen) atoms. The molecule has 0 spiro atoms. The van der Waals surface area contributed by atoms with Crippen LogP contribution in [0.3, 0.4) is 0 Å². The molecule has 1 fully saturated rings. The van der Waals surface area contributed by atoms with Crippen LogP contribution in [0.5, 0.6) is 0 Å². The molecule has 0 saturated heterocycles. The summed E-state index contributed by atoms with van der Waals surface area (Å²) in [5.41, 5.74) is 1.91. The van der Waals surface area contributed by atoms with Crippen molar-refractivity contribution in [1.29, 1.82) is 0 Å². The van der Waals surface area contributed by atoms with E-state index in [2.05, 4.69) is 0 Å². The lowest BCUT2D eigenvalue weighted by Crippen LogP contribution is -2.15. The summed E-state index contributed by atoms with van der Waals surface area (Å²) in [5, 5.41) is 0.942. The molecule has 4 rings (SSSR count). The van der Waals surface area contributed by atoms with Gasteiger partial charge in [0.25, 0.3) is 0 Å². The minimum Gasteiger partial charge on any atom is -0.207 e. The Morgan fingerprint density at radius 1 is 0.800 bits per heavy atom. The molecule has 1 aliphatic carbocycles. The second-order valence-corrected chi connectivity index (χ2v) is 8.14. The first-order valence-electron chi connectivity index (χ1n) is 10.4. The average Bonchev–Trinajstić information content (AvgIpc) is 2.75. The molecule has 0 unspecified atom stereocenters. The van der Waals surface area contributed by atoms with E-state index in [0.717, 1.165) is 24.5 Å². The quantitative estimate of drug-likeness (QED) is 0.301. The number of halogens is 4. The molecule has 156 valence electrons. The molecule has 1 aliphatic rings. The lowest BCUT2D eigenvalue weighted by molar-refractivity contribution is 0.376. The maximum Gasteiger partial charge on any atom is 0.166 e. The van der Waals surface area contributed by atoms with Gasteiger partial charge in [-0.05, 0) is 85.6 Å². The molecule has 0 heterocycles. The Labute approximate surface area is 174 Å². The fourth-order valence-electron chi connectivity index (χ4n) is 4.65. The Kier molecular flexibility index (Phi) is 5.94. The van der Waals surface area contributed by atoms with Crippen LogP contribution in [0.4, 0.5) is 17.6 Å². The van der Waals surface area contributed by atoms with Gasteiger partial charge in [-0.15, -0.1) is 0 Å². The van der Waals surface area contributed by atoms with Crippen molar-refractivity contribution in [3.63, 3.8) is 0 Å². The predicted octanol–water partition coefficient (Wildman–Crippen LogP) is 7.96. The molecule has 0 amide bonds. The van der Waals surface area contributed by atoms with Gasteiger partial charge >= 0.3 is 0 Å². The van der Waals surface area contributed by atoms with Crippen LogP contribution in [0.1, 0.15) is 61.1 Å². The van der Waals surface area contributed by atoms with E-state index in [4.69, 9.17) is 0 Å². The zero-order valence-corrected chi connectivity index (χ0v) is 16.9. The molecule has 0 radical (unpaired) electrons. The van der Waals surface area contributed by atoms with Gasteiger partial charge in [0.05, 0.1) is 0 Å². The van der Waals surface area contributed by atoms with Gasteiger partial charge in [0.1, 0.15) is 11.6 Å². The van der Waals surface area contributed by atoms with Gasteiger partial charge in [0.2, 0.25) is 0 Å². The van der Waals surface area contributed by atoms with Gasteiger partial charge in [-0.1, -0.05) is 36.4 Å². The van der Waals surface area contributed by atoms with Gasteiger partial charge < -0.3 is 0 Å². The number of benzene rings is 3. The highest BCUT2D eigenvalue weighted by molar-refractivity contribution is 5.84. The summed E-state index contributed by atoms with van der Waals surface area (Å²) in [6, 6.07) is 11.0. The Hall–Kier alpha value is -2.62. The van der Waals surface area contributed by atoms with Crippen molar-refractivity contribution in [2.75, 3.05) is 0 Å². The van der Waals surface area contributed by atoms with Crippen molar-refractivity contribution in [3.8, 4) is 0 Å². The van der Waals surface area contributed by atoms with Gasteiger partial charge in [0, 0.05) is 10.9 Å². The number of fused-ring (bicyclic) bond motifs is 1. The fourth-order valence-corrected chi connectivity index (χ4v) is 4.65. The third kappa shape index (κ3) is 4.00. The van der Waals surface area contributed by atoms with E-state index < -0.39 is 23.3 Å². The van der Waals surface area contributed by atoms with Crippen molar-refractivity contribution in [3.05, 3.63) is 94.6 Å². The van der Waals surface area contributed by atoms with E-state index in [9.17, 15) is 17.6 Å². The standard InChI is InChI=1S/C26H24F4/c1-2-3-4-16-13-23(28)25(24(29)14-16)18-7-5-17(6-8-18)19-9-11-21-20(15-19)10-12-22(27)26(21)30/h2-3,9-15,17-18H,4-8H2,1H3. The maximum absolute atomic E-state index is 14.7. The monoisotopic (exact) mass is 412 g/mol. The Morgan fingerprint density at radius 3 is 2.13 bits per heavy atom. The van der Waals surface area contributed by atoms with E-state index in [-0.39, 0.29) is 22.8 Å². The summed E-state index contributed by atoms with van der Waals surface area (Å²) in [6.07, 6.45) is 7.26. The van der Waals surface area contributed by atoms with Crippen molar-refractivity contribution in [2.45, 2.75) is 50.9 Å². The summed E-state index contributed by atoms with van der Waals surface area (Å²) in [5.74, 6) is -2.48. The third-order valence-corrected chi connectivity index (χ3v) is 6.27. The summed E-state index contributed by atoms with van der Waals surface area (Å²) in [4.78, 5) is 0. The molecule has 0 atom stereocenters. The molecule has 0 bridgehead atoms. The normalized spacial score (nSPS) is 19.6. The molecule has 3 aromatic carbocycles. The first-order chi connectivity index (χ1) is 14.5. The second-order valence-electron chi connectivity index (χ2n) is 8.14. The number of allylic oxidation sites excluding steroid dienone is 2. The molecular weight excluding hydrogens is 388 g/mol. The lowest BCUT2D eigenvalue weighted by atomic mass is 9.75. The van der Waals surface area contributed by atoms with Crippen LogP contribution in [0.15, 0.2) is 54.6 Å². The van der Waals surface area contributed by atoms with E-state index in [1.165, 1.54) is 12.1 Å². The zero-order chi connectivity index (χ0) is 21.3. The highest BCUT2D eigenvalue weighted by atomic mass is 19.2. The molecule has 0 aliphatic heterocycles. The molecule has 0 aromatic heterocycles. The van der Waals surface area contributed by atoms with Crippen molar-refractivity contribution in [1.82, 2.24) is 0 Å². The fraction of sp³-hybridized carbons (Fsp3) is 0.308. The molecule has 0 N–H and O–H groups in total. The SMILES string of the molecule is CC=CCc1cc(F)c(C2CCC(c3ccc4c(F)c(F)ccc4c3)CC2)c(F)c1. The van der Waals surface area contributed by atoms with Crippen LogP contribution in [-0.2, 0) is 6.42 Å². The molecular formula is C26H24F4. The molecule has 0 nitrogen and oxygen atoms in total. The largest absolute Gasteiger partial charge is 0.207 e. The van der Waals surface area contributed by atoms with Crippen molar-refractivity contribution >= 4 is 10.8 Å². The lowest BCUT2D eigenvalue weighted by Gasteiger charge is -2.30. The van der Waals surface area contributed by atoms with Gasteiger partial charge in [-0.2, -0.15) is 0 Å². The minimum absolute atomic E-state index is 0.135. The van der Waals surface area contributed by atoms with Crippen LogP contribution in [-0.4, -0.2) is 0 Å². The average molecular weight is 412 g/mol. The van der Waals surface area contributed by atoms with E-state index in [0.29, 0.717) is 30.2 Å². The topological polar surface area (TPSA) is 0 Å². The second kappa shape index (κ2) is 8.63. The summed E-state index contributed by atoms with van der Waals surface area (Å²) in [7, 11) is 0. The first-order valence-corrected chi connectivity index (χ1v) is 10.4. The van der Waals surface area contributed by atoms with Crippen LogP contribution in [0, 0.1) is 23.3 Å². The first kappa shape index (κ1) is 20.6. The van der Waals surface area contributed by atoms with E-state index in [1.807, 2.05) is 31.2 Å². The van der Waals surface area contributed by atoms with Gasteiger partial charge in [0.15, 0.2) is 11.6 Å². The van der Waals surface area contributed by atoms with Gasteiger partial charge in [-0.25, -0.2) is 17.6 Å². The molecule has 3 aromatic rings. The third-order valence-electron chi connectivity index (χ3n) is 6.27. The minimum atomic E-state index is -0.850. The van der Waals surface area contributed by atoms with Crippen LogP contribution < -0.4 is 0 Å². The van der Waals surface area contributed by atoms with Crippen LogP contribution >= 0.6 is 0 Å². The Balaban J connectivity index is 1.50. The molecule has 4 heteroatoms. The van der Waals surface area contributed by atoms with Crippen LogP contribution in [0.2, 0.25) is 0 Å². The van der Waals surface area contributed by atoms with E-state index in [1.54, 1.807) is 12.1 Å². The predicted molar refractivity (Wildman–Crippen MR) is 113 cm³/mol. The van der Waals surface area contributed by atoms with Gasteiger partial charge in [-0.3, -0.25) is 0 Å². The van der Waals surface area contributed by atoms with E-state index >= 15 is 0 Å². The van der Waals surface area contributed by atoms with Crippen molar-refractivity contribution < 1.29 is 17.6 Å². The maximum atomic E-state index is 14.7. The highest BCUT2D eigenvalue weighted by Crippen LogP contribution is 2.42. The zero-order valence-electron chi connectivity index (χ0n) is 16.9.